The summed E-state index contributed by atoms with van der Waals surface area (Å²) in [4.78, 5) is 10.6. The molecule has 0 bridgehead atoms. The molecule has 0 aliphatic heterocycles. The van der Waals surface area contributed by atoms with Crippen LogP contribution in [0.3, 0.4) is 0 Å². The van der Waals surface area contributed by atoms with Crippen LogP contribution in [0.25, 0.3) is 0 Å². The van der Waals surface area contributed by atoms with E-state index in [1.165, 1.54) is 32.2 Å². The second kappa shape index (κ2) is 6.33. The summed E-state index contributed by atoms with van der Waals surface area (Å²) < 4.78 is 60.4. The first-order valence-electron chi connectivity index (χ1n) is 6.32. The van der Waals surface area contributed by atoms with Crippen LogP contribution in [0.1, 0.15) is 17.3 Å². The number of ketones is 1. The second-order valence-electron chi connectivity index (χ2n) is 4.56. The zero-order chi connectivity index (χ0) is 17.2. The molecule has 5 nitrogen and oxygen atoms in total. The third-order valence-electron chi connectivity index (χ3n) is 2.89. The Balaban J connectivity index is 2.42. The number of halogens is 2. The number of methoxy groups -OCH3 is 1. The molecule has 0 aliphatic carbocycles. The summed E-state index contributed by atoms with van der Waals surface area (Å²) in [6.07, 6.45) is 0. The maximum absolute atomic E-state index is 13.2. The number of rotatable bonds is 5. The highest BCUT2D eigenvalue weighted by Crippen LogP contribution is 2.31. The van der Waals surface area contributed by atoms with Crippen LogP contribution in [0.4, 0.5) is 8.78 Å². The van der Waals surface area contributed by atoms with Crippen molar-refractivity contribution in [2.24, 2.45) is 0 Å². The Bertz CT molecular complexity index is 842. The van der Waals surface area contributed by atoms with Crippen molar-refractivity contribution >= 4 is 15.9 Å². The largest absolute Gasteiger partial charge is 0.493 e. The van der Waals surface area contributed by atoms with E-state index in [0.717, 1.165) is 0 Å². The lowest BCUT2D eigenvalue weighted by Gasteiger charge is -2.11. The maximum atomic E-state index is 13.2. The molecule has 2 rings (SSSR count). The van der Waals surface area contributed by atoms with E-state index in [0.29, 0.717) is 23.8 Å². The van der Waals surface area contributed by atoms with Crippen LogP contribution in [-0.4, -0.2) is 21.3 Å². The Labute approximate surface area is 131 Å². The second-order valence-corrected chi connectivity index (χ2v) is 6.11. The molecule has 0 aliphatic rings. The molecule has 2 aromatic carbocycles. The number of hydrogen-bond donors (Lipinski definition) is 0. The van der Waals surface area contributed by atoms with E-state index in [4.69, 9.17) is 8.92 Å². The monoisotopic (exact) mass is 342 g/mol. The molecular formula is C15H12F2O5S. The standard InChI is InChI=1S/C15H12F2O5S/c1-9(18)10-3-4-14(15(5-10)21-2)22-23(19,20)13-7-11(16)6-12(17)8-13/h3-8H,1-2H3. The molecule has 0 spiro atoms. The first-order chi connectivity index (χ1) is 10.7. The summed E-state index contributed by atoms with van der Waals surface area (Å²) in [7, 11) is -3.20. The first-order valence-corrected chi connectivity index (χ1v) is 7.73. The minimum absolute atomic E-state index is 0.00171. The van der Waals surface area contributed by atoms with E-state index in [-0.39, 0.29) is 17.3 Å². The van der Waals surface area contributed by atoms with Crippen LogP contribution >= 0.6 is 0 Å². The predicted molar refractivity (Wildman–Crippen MR) is 77.2 cm³/mol. The lowest BCUT2D eigenvalue weighted by Crippen LogP contribution is -2.11. The van der Waals surface area contributed by atoms with Gasteiger partial charge < -0.3 is 8.92 Å². The van der Waals surface area contributed by atoms with Crippen LogP contribution < -0.4 is 8.92 Å². The van der Waals surface area contributed by atoms with Crippen LogP contribution in [0.5, 0.6) is 11.5 Å². The van der Waals surface area contributed by atoms with Crippen molar-refractivity contribution < 1.29 is 30.9 Å². The van der Waals surface area contributed by atoms with Gasteiger partial charge >= 0.3 is 10.1 Å². The topological polar surface area (TPSA) is 69.7 Å². The summed E-state index contributed by atoms with van der Waals surface area (Å²) in [6.45, 7) is 1.33. The van der Waals surface area contributed by atoms with Gasteiger partial charge in [-0.3, -0.25) is 4.79 Å². The molecule has 0 unspecified atom stereocenters. The summed E-state index contributed by atoms with van der Waals surface area (Å²) in [5, 5.41) is 0. The molecule has 0 radical (unpaired) electrons. The highest BCUT2D eigenvalue weighted by atomic mass is 32.2. The van der Waals surface area contributed by atoms with Crippen molar-refractivity contribution in [3.8, 4) is 11.5 Å². The Kier molecular flexibility index (Phi) is 4.65. The zero-order valence-electron chi connectivity index (χ0n) is 12.2. The molecule has 0 saturated heterocycles. The van der Waals surface area contributed by atoms with Crippen molar-refractivity contribution in [1.29, 1.82) is 0 Å². The molecule has 0 N–H and O–H groups in total. The van der Waals surface area contributed by atoms with Crippen molar-refractivity contribution in [3.05, 3.63) is 53.6 Å². The molecule has 0 heterocycles. The summed E-state index contributed by atoms with van der Waals surface area (Å²) in [6, 6.07) is 5.69. The zero-order valence-corrected chi connectivity index (χ0v) is 13.0. The highest BCUT2D eigenvalue weighted by Gasteiger charge is 2.21. The third-order valence-corrected chi connectivity index (χ3v) is 4.11. The van der Waals surface area contributed by atoms with Gasteiger partial charge in [0.15, 0.2) is 17.3 Å². The van der Waals surface area contributed by atoms with Gasteiger partial charge in [0, 0.05) is 11.6 Å². The molecule has 23 heavy (non-hydrogen) atoms. The Morgan fingerprint density at radius 1 is 1.00 bits per heavy atom. The average molecular weight is 342 g/mol. The molecule has 0 atom stereocenters. The van der Waals surface area contributed by atoms with Gasteiger partial charge in [-0.25, -0.2) is 8.78 Å². The number of ether oxygens (including phenoxy) is 1. The predicted octanol–water partition coefficient (Wildman–Crippen LogP) is 2.94. The van der Waals surface area contributed by atoms with Gasteiger partial charge in [-0.05, 0) is 37.3 Å². The molecule has 122 valence electrons. The third kappa shape index (κ3) is 3.84. The molecular weight excluding hydrogens is 330 g/mol. The fraction of sp³-hybridized carbons (Fsp3) is 0.133. The van der Waals surface area contributed by atoms with Gasteiger partial charge in [-0.2, -0.15) is 8.42 Å². The Hall–Kier alpha value is -2.48. The summed E-state index contributed by atoms with van der Waals surface area (Å²) in [5.74, 6) is -2.55. The van der Waals surface area contributed by atoms with Crippen molar-refractivity contribution in [3.63, 3.8) is 0 Å². The fourth-order valence-corrected chi connectivity index (χ4v) is 2.78. The van der Waals surface area contributed by atoms with E-state index in [9.17, 15) is 22.0 Å². The average Bonchev–Trinajstić information content (AvgIpc) is 2.46. The van der Waals surface area contributed by atoms with E-state index in [1.54, 1.807) is 0 Å². The summed E-state index contributed by atoms with van der Waals surface area (Å²) in [5.41, 5.74) is 0.295. The minimum Gasteiger partial charge on any atom is -0.493 e. The minimum atomic E-state index is -4.47. The SMILES string of the molecule is COc1cc(C(C)=O)ccc1OS(=O)(=O)c1cc(F)cc(F)c1. The van der Waals surface area contributed by atoms with Gasteiger partial charge in [0.05, 0.1) is 7.11 Å². The summed E-state index contributed by atoms with van der Waals surface area (Å²) >= 11 is 0. The smallest absolute Gasteiger partial charge is 0.339 e. The first kappa shape index (κ1) is 16.9. The van der Waals surface area contributed by atoms with E-state index < -0.39 is 26.6 Å². The lowest BCUT2D eigenvalue weighted by molar-refractivity contribution is 0.101. The Morgan fingerprint density at radius 2 is 1.61 bits per heavy atom. The fourth-order valence-electron chi connectivity index (χ4n) is 1.79. The van der Waals surface area contributed by atoms with Crippen molar-refractivity contribution in [2.45, 2.75) is 11.8 Å². The normalized spacial score (nSPS) is 11.1. The maximum Gasteiger partial charge on any atom is 0.339 e. The van der Waals surface area contributed by atoms with E-state index in [2.05, 4.69) is 0 Å². The number of hydrogen-bond acceptors (Lipinski definition) is 5. The van der Waals surface area contributed by atoms with Crippen molar-refractivity contribution in [2.75, 3.05) is 7.11 Å². The molecule has 2 aromatic rings. The Morgan fingerprint density at radius 3 is 2.13 bits per heavy atom. The highest BCUT2D eigenvalue weighted by molar-refractivity contribution is 7.87. The van der Waals surface area contributed by atoms with Crippen LogP contribution in [0.15, 0.2) is 41.3 Å². The van der Waals surface area contributed by atoms with Gasteiger partial charge in [0.2, 0.25) is 0 Å². The lowest BCUT2D eigenvalue weighted by atomic mass is 10.1. The molecule has 0 fully saturated rings. The molecule has 0 amide bonds. The molecule has 0 saturated carbocycles. The van der Waals surface area contributed by atoms with E-state index in [1.807, 2.05) is 0 Å². The number of carbonyl (C=O) groups excluding carboxylic acids is 1. The van der Waals surface area contributed by atoms with Gasteiger partial charge in [-0.15, -0.1) is 0 Å². The van der Waals surface area contributed by atoms with Gasteiger partial charge in [-0.1, -0.05) is 0 Å². The quantitative estimate of drug-likeness (QED) is 0.617. The molecule has 0 aromatic heterocycles. The van der Waals surface area contributed by atoms with Gasteiger partial charge in [0.25, 0.3) is 0 Å². The van der Waals surface area contributed by atoms with Crippen LogP contribution in [0, 0.1) is 11.6 Å². The van der Waals surface area contributed by atoms with Gasteiger partial charge in [0.1, 0.15) is 16.5 Å². The van der Waals surface area contributed by atoms with Crippen LogP contribution in [0.2, 0.25) is 0 Å². The number of benzene rings is 2. The van der Waals surface area contributed by atoms with Crippen LogP contribution in [-0.2, 0) is 10.1 Å². The number of carbonyl (C=O) groups is 1. The van der Waals surface area contributed by atoms with Crippen molar-refractivity contribution in [1.82, 2.24) is 0 Å². The number of Topliss-reactive ketones (excluding diaryl/α,β-unsaturated/α-hetero) is 1. The van der Waals surface area contributed by atoms with E-state index >= 15 is 0 Å². The molecule has 8 heteroatoms.